The Bertz CT molecular complexity index is 526. The van der Waals surface area contributed by atoms with Crippen LogP contribution in [-0.4, -0.2) is 42.6 Å². The topological polar surface area (TPSA) is 54.7 Å². The van der Waals surface area contributed by atoms with Gasteiger partial charge in [0.1, 0.15) is 5.76 Å². The van der Waals surface area contributed by atoms with Crippen LogP contribution in [0.2, 0.25) is 0 Å². The molecule has 3 fully saturated rings. The second kappa shape index (κ2) is 5.70. The van der Waals surface area contributed by atoms with Crippen LogP contribution in [0.5, 0.6) is 0 Å². The smallest absolute Gasteiger partial charge is 0.230 e. The normalized spacial score (nSPS) is 32.5. The lowest BCUT2D eigenvalue weighted by molar-refractivity contribution is -0.141. The van der Waals surface area contributed by atoms with Crippen LogP contribution < -0.4 is 5.32 Å². The Kier molecular flexibility index (Phi) is 3.70. The molecular weight excluding hydrogens is 280 g/mol. The maximum Gasteiger partial charge on any atom is 0.230 e. The molecule has 2 saturated heterocycles. The largest absolute Gasteiger partial charge is 0.467 e. The lowest BCUT2D eigenvalue weighted by atomic mass is 9.74. The average molecular weight is 304 g/mol. The zero-order valence-corrected chi connectivity index (χ0v) is 12.9. The van der Waals surface area contributed by atoms with Crippen molar-refractivity contribution in [2.45, 2.75) is 50.8 Å². The first-order valence-electron chi connectivity index (χ1n) is 8.44. The summed E-state index contributed by atoms with van der Waals surface area (Å²) in [4.78, 5) is 15.4. The predicted octanol–water partition coefficient (Wildman–Crippen LogP) is 1.93. The molecule has 120 valence electrons. The monoisotopic (exact) mass is 304 g/mol. The maximum atomic E-state index is 12.9. The molecule has 1 amide bonds. The van der Waals surface area contributed by atoms with E-state index in [2.05, 4.69) is 10.2 Å². The van der Waals surface area contributed by atoms with Gasteiger partial charge in [0, 0.05) is 25.7 Å². The molecule has 5 heteroatoms. The highest BCUT2D eigenvalue weighted by Gasteiger charge is 2.54. The third-order valence-corrected chi connectivity index (χ3v) is 5.69. The summed E-state index contributed by atoms with van der Waals surface area (Å²) in [7, 11) is 0. The molecule has 0 unspecified atom stereocenters. The van der Waals surface area contributed by atoms with Crippen molar-refractivity contribution in [3.05, 3.63) is 24.2 Å². The Morgan fingerprint density at radius 3 is 3.05 bits per heavy atom. The van der Waals surface area contributed by atoms with Gasteiger partial charge in [0.05, 0.1) is 24.3 Å². The molecule has 22 heavy (non-hydrogen) atoms. The van der Waals surface area contributed by atoms with Gasteiger partial charge in [-0.05, 0) is 37.8 Å². The Hall–Kier alpha value is -1.33. The number of nitrogens with zero attached hydrogens (tertiary/aromatic N) is 1. The summed E-state index contributed by atoms with van der Waals surface area (Å²) in [6.07, 6.45) is 7.44. The van der Waals surface area contributed by atoms with Gasteiger partial charge < -0.3 is 14.5 Å². The minimum absolute atomic E-state index is 0.0837. The van der Waals surface area contributed by atoms with Crippen LogP contribution in [0.1, 0.15) is 37.9 Å². The first kappa shape index (κ1) is 14.3. The van der Waals surface area contributed by atoms with Crippen molar-refractivity contribution in [3.8, 4) is 0 Å². The lowest BCUT2D eigenvalue weighted by Crippen LogP contribution is -2.59. The standard InChI is InChI=1S/C17H24N2O3/c20-16(18-11-14-5-2-9-21-14)17-7-10-22-15(17)6-8-19(12-17)13-3-1-4-13/h2,5,9,13,15H,1,3-4,6-8,10-12H2,(H,18,20)/t15-,17-/m0/s1. The maximum absolute atomic E-state index is 12.9. The zero-order valence-electron chi connectivity index (χ0n) is 12.9. The molecule has 4 rings (SSSR count). The molecule has 1 aromatic heterocycles. The zero-order chi connectivity index (χ0) is 15.0. The van der Waals surface area contributed by atoms with Crippen LogP contribution in [0.4, 0.5) is 0 Å². The number of nitrogens with one attached hydrogen (secondary N) is 1. The molecule has 1 aromatic rings. The molecule has 1 aliphatic carbocycles. The van der Waals surface area contributed by atoms with Crippen LogP contribution in [0, 0.1) is 5.41 Å². The van der Waals surface area contributed by atoms with Crippen LogP contribution >= 0.6 is 0 Å². The summed E-state index contributed by atoms with van der Waals surface area (Å²) in [6, 6.07) is 4.43. The Morgan fingerprint density at radius 2 is 2.32 bits per heavy atom. The third kappa shape index (κ3) is 2.36. The molecule has 3 heterocycles. The molecule has 0 spiro atoms. The average Bonchev–Trinajstić information content (AvgIpc) is 3.12. The summed E-state index contributed by atoms with van der Waals surface area (Å²) >= 11 is 0. The first-order chi connectivity index (χ1) is 10.8. The van der Waals surface area contributed by atoms with E-state index >= 15 is 0 Å². The number of carbonyl (C=O) groups is 1. The van der Waals surface area contributed by atoms with E-state index in [9.17, 15) is 4.79 Å². The van der Waals surface area contributed by atoms with E-state index in [4.69, 9.17) is 9.15 Å². The van der Waals surface area contributed by atoms with E-state index in [0.29, 0.717) is 19.2 Å². The van der Waals surface area contributed by atoms with E-state index in [1.165, 1.54) is 19.3 Å². The van der Waals surface area contributed by atoms with Crippen molar-refractivity contribution in [2.75, 3.05) is 19.7 Å². The van der Waals surface area contributed by atoms with Crippen molar-refractivity contribution in [3.63, 3.8) is 0 Å². The number of piperidine rings is 1. The Morgan fingerprint density at radius 1 is 1.41 bits per heavy atom. The highest BCUT2D eigenvalue weighted by Crippen LogP contribution is 2.43. The number of rotatable bonds is 4. The molecule has 3 aliphatic rings. The van der Waals surface area contributed by atoms with E-state index < -0.39 is 0 Å². The van der Waals surface area contributed by atoms with Crippen LogP contribution in [0.25, 0.3) is 0 Å². The number of fused-ring (bicyclic) bond motifs is 1. The second-order valence-corrected chi connectivity index (χ2v) is 6.87. The fourth-order valence-electron chi connectivity index (χ4n) is 4.12. The number of furan rings is 1. The minimum Gasteiger partial charge on any atom is -0.467 e. The van der Waals surface area contributed by atoms with Gasteiger partial charge in [0.15, 0.2) is 0 Å². The van der Waals surface area contributed by atoms with Crippen LogP contribution in [-0.2, 0) is 16.1 Å². The van der Waals surface area contributed by atoms with Gasteiger partial charge in [-0.15, -0.1) is 0 Å². The van der Waals surface area contributed by atoms with Gasteiger partial charge in [-0.3, -0.25) is 9.69 Å². The molecule has 0 radical (unpaired) electrons. The van der Waals surface area contributed by atoms with E-state index in [1.54, 1.807) is 6.26 Å². The van der Waals surface area contributed by atoms with E-state index in [0.717, 1.165) is 31.7 Å². The summed E-state index contributed by atoms with van der Waals surface area (Å²) in [5, 5.41) is 3.07. The predicted molar refractivity (Wildman–Crippen MR) is 81.2 cm³/mol. The number of ether oxygens (including phenoxy) is 1. The fourth-order valence-corrected chi connectivity index (χ4v) is 4.12. The molecule has 0 aromatic carbocycles. The minimum atomic E-state index is -0.361. The van der Waals surface area contributed by atoms with Gasteiger partial charge in [0.25, 0.3) is 0 Å². The molecule has 0 bridgehead atoms. The van der Waals surface area contributed by atoms with Crippen molar-refractivity contribution < 1.29 is 13.9 Å². The summed E-state index contributed by atoms with van der Waals surface area (Å²) in [5.41, 5.74) is -0.361. The van der Waals surface area contributed by atoms with Gasteiger partial charge in [-0.25, -0.2) is 0 Å². The Balaban J connectivity index is 1.46. The van der Waals surface area contributed by atoms with Crippen LogP contribution in [0.15, 0.2) is 22.8 Å². The number of hydrogen-bond donors (Lipinski definition) is 1. The highest BCUT2D eigenvalue weighted by molar-refractivity contribution is 5.84. The molecule has 1 N–H and O–H groups in total. The molecule has 5 nitrogen and oxygen atoms in total. The summed E-state index contributed by atoms with van der Waals surface area (Å²) in [5.74, 6) is 0.933. The number of hydrogen-bond acceptors (Lipinski definition) is 4. The third-order valence-electron chi connectivity index (χ3n) is 5.69. The summed E-state index contributed by atoms with van der Waals surface area (Å²) in [6.45, 7) is 3.09. The number of likely N-dealkylation sites (tertiary alicyclic amines) is 1. The quantitative estimate of drug-likeness (QED) is 0.923. The molecule has 2 atom stereocenters. The highest BCUT2D eigenvalue weighted by atomic mass is 16.5. The fraction of sp³-hybridized carbons (Fsp3) is 0.706. The van der Waals surface area contributed by atoms with E-state index in [-0.39, 0.29) is 17.4 Å². The SMILES string of the molecule is O=C(NCc1ccco1)[C@]12CCO[C@H]1CCN(C1CCC1)C2. The van der Waals surface area contributed by atoms with Gasteiger partial charge in [-0.2, -0.15) is 0 Å². The van der Waals surface area contributed by atoms with Gasteiger partial charge in [0.2, 0.25) is 5.91 Å². The summed E-state index contributed by atoms with van der Waals surface area (Å²) < 4.78 is 11.2. The lowest BCUT2D eigenvalue weighted by Gasteiger charge is -2.47. The van der Waals surface area contributed by atoms with E-state index in [1.807, 2.05) is 12.1 Å². The molecular formula is C17H24N2O3. The number of carbonyl (C=O) groups excluding carboxylic acids is 1. The van der Waals surface area contributed by atoms with Gasteiger partial charge in [-0.1, -0.05) is 6.42 Å². The van der Waals surface area contributed by atoms with Crippen LogP contribution in [0.3, 0.4) is 0 Å². The first-order valence-corrected chi connectivity index (χ1v) is 8.44. The molecule has 2 aliphatic heterocycles. The van der Waals surface area contributed by atoms with Crippen molar-refractivity contribution >= 4 is 5.91 Å². The number of amides is 1. The van der Waals surface area contributed by atoms with Crippen molar-refractivity contribution in [1.82, 2.24) is 10.2 Å². The Labute approximate surface area is 131 Å². The van der Waals surface area contributed by atoms with Crippen molar-refractivity contribution in [1.29, 1.82) is 0 Å². The molecule has 1 saturated carbocycles. The second-order valence-electron chi connectivity index (χ2n) is 6.87. The van der Waals surface area contributed by atoms with Crippen molar-refractivity contribution in [2.24, 2.45) is 5.41 Å². The van der Waals surface area contributed by atoms with Gasteiger partial charge >= 0.3 is 0 Å².